The third-order valence-electron chi connectivity index (χ3n) is 16.2. The van der Waals surface area contributed by atoms with Crippen molar-refractivity contribution in [2.24, 2.45) is 0 Å². The lowest BCUT2D eigenvalue weighted by atomic mass is 9.85. The summed E-state index contributed by atoms with van der Waals surface area (Å²) in [4.78, 5) is 0. The Bertz CT molecular complexity index is 4660. The van der Waals surface area contributed by atoms with Gasteiger partial charge in [0.2, 0.25) is 0 Å². The highest BCUT2D eigenvalue weighted by Gasteiger charge is 2.31. The number of fused-ring (bicyclic) bond motifs is 14. The zero-order valence-corrected chi connectivity index (χ0v) is 39.1. The molecular formula is C67H42Si. The van der Waals surface area contributed by atoms with Gasteiger partial charge in [0.1, 0.15) is 0 Å². The molecule has 0 spiro atoms. The molecule has 68 heavy (non-hydrogen) atoms. The molecule has 15 aromatic rings. The molecule has 0 heterocycles. The van der Waals surface area contributed by atoms with E-state index in [0.717, 1.165) is 0 Å². The molecule has 1 heteroatoms. The Morgan fingerprint density at radius 2 is 0.706 bits per heavy atom. The van der Waals surface area contributed by atoms with Crippen molar-refractivity contribution in [3.05, 3.63) is 200 Å². The lowest BCUT2D eigenvalue weighted by Gasteiger charge is -2.21. The maximum absolute atomic E-state index is 2.50. The fourth-order valence-corrected chi connectivity index (χ4v) is 15.1. The number of rotatable bonds is 4. The van der Waals surface area contributed by atoms with Gasteiger partial charge >= 0.3 is 0 Å². The quantitative estimate of drug-likeness (QED) is 0.0939. The van der Waals surface area contributed by atoms with Crippen LogP contribution in [-0.2, 0) is 0 Å². The van der Waals surface area contributed by atoms with Crippen molar-refractivity contribution in [1.82, 2.24) is 0 Å². The zero-order valence-electron chi connectivity index (χ0n) is 38.1. The average molecular weight is 875 g/mol. The zero-order chi connectivity index (χ0) is 44.7. The van der Waals surface area contributed by atoms with Gasteiger partial charge in [-0.2, -0.15) is 0 Å². The van der Waals surface area contributed by atoms with Gasteiger partial charge in [0, 0.05) is 0 Å². The van der Waals surface area contributed by atoms with Crippen LogP contribution in [-0.4, -0.2) is 8.07 Å². The second-order valence-corrected chi connectivity index (χ2v) is 25.6. The molecule has 0 fully saturated rings. The van der Waals surface area contributed by atoms with Crippen molar-refractivity contribution < 1.29 is 0 Å². The van der Waals surface area contributed by atoms with Gasteiger partial charge in [-0.3, -0.25) is 0 Å². The first-order chi connectivity index (χ1) is 33.4. The Morgan fingerprint density at radius 1 is 0.235 bits per heavy atom. The first-order valence-corrected chi connectivity index (χ1v) is 27.7. The molecule has 0 radical (unpaired) electrons. The topological polar surface area (TPSA) is 0 Å². The van der Waals surface area contributed by atoms with E-state index >= 15 is 0 Å². The number of hydrogen-bond acceptors (Lipinski definition) is 0. The van der Waals surface area contributed by atoms with Gasteiger partial charge in [0.25, 0.3) is 0 Å². The molecule has 0 bridgehead atoms. The first kappa shape index (κ1) is 37.0. The highest BCUT2D eigenvalue weighted by molar-refractivity contribution is 6.89. The van der Waals surface area contributed by atoms with Crippen LogP contribution in [0.3, 0.4) is 0 Å². The summed E-state index contributed by atoms with van der Waals surface area (Å²) in [7, 11) is -1.57. The monoisotopic (exact) mass is 874 g/mol. The lowest BCUT2D eigenvalue weighted by Crippen LogP contribution is -2.38. The van der Waals surface area contributed by atoms with Crippen LogP contribution < -0.4 is 5.19 Å². The molecule has 0 aliphatic heterocycles. The second-order valence-electron chi connectivity index (χ2n) is 20.6. The molecule has 16 rings (SSSR count). The van der Waals surface area contributed by atoms with Crippen molar-refractivity contribution in [2.75, 3.05) is 0 Å². The molecule has 15 aromatic carbocycles. The van der Waals surface area contributed by atoms with Gasteiger partial charge in [-0.1, -0.05) is 213 Å². The van der Waals surface area contributed by atoms with Gasteiger partial charge in [-0.15, -0.1) is 0 Å². The van der Waals surface area contributed by atoms with E-state index in [4.69, 9.17) is 0 Å². The Hall–Kier alpha value is -8.10. The summed E-state index contributed by atoms with van der Waals surface area (Å²) in [6.45, 7) is 7.37. The third-order valence-corrected chi connectivity index (χ3v) is 18.2. The molecule has 1 aliphatic carbocycles. The minimum absolute atomic E-state index is 1.23. The normalized spacial score (nSPS) is 12.9. The standard InChI is InChI=1S/C67H42Si/c1-68(2,3)57-24-14-13-19-41(57)39-25-26-43-47-27-28-48-50-31-33-53-63-54(34-32-51(61(50)63)49-29-30-52(55(43)35-39)59(47)60(48)49)66-64-46-23-12-11-22-45(46)58-42-20-8-7-17-38(42)36-56(67(58)64)62(65(53)66)44-21-10-9-18-40(44)37-15-5-4-6-16-37/h4-36H,1-3H3. The third kappa shape index (κ3) is 4.55. The SMILES string of the molecule is C[Si](C)(C)c1ccccc1-c1ccc2c(c1)-c1ccc3c4ccc5c6c(ccc(c7ccc-2c1c73)c46)c1c(-c2ccccc2-c2ccccc2)c2cc3ccccc3c3c4ccccc4c(c51)c23. The van der Waals surface area contributed by atoms with E-state index in [-0.39, 0.29) is 0 Å². The molecular weight excluding hydrogens is 833 g/mol. The van der Waals surface area contributed by atoms with Gasteiger partial charge in [-0.05, 0) is 175 Å². The molecule has 0 N–H and O–H groups in total. The summed E-state index contributed by atoms with van der Waals surface area (Å²) < 4.78 is 0. The smallest absolute Gasteiger partial charge is 0.0656 e. The van der Waals surface area contributed by atoms with E-state index < -0.39 is 8.07 Å². The number of hydrogen-bond donors (Lipinski definition) is 0. The molecule has 0 unspecified atom stereocenters. The van der Waals surface area contributed by atoms with E-state index in [1.54, 1.807) is 0 Å². The Morgan fingerprint density at radius 3 is 1.44 bits per heavy atom. The van der Waals surface area contributed by atoms with E-state index in [9.17, 15) is 0 Å². The largest absolute Gasteiger partial charge is 0.0784 e. The fourth-order valence-electron chi connectivity index (χ4n) is 13.5. The summed E-state index contributed by atoms with van der Waals surface area (Å²) >= 11 is 0. The van der Waals surface area contributed by atoms with E-state index in [1.165, 1.54) is 169 Å². The van der Waals surface area contributed by atoms with E-state index in [0.29, 0.717) is 0 Å². The summed E-state index contributed by atoms with van der Waals surface area (Å²) in [5.41, 5.74) is 13.2. The van der Waals surface area contributed by atoms with Crippen LogP contribution in [0.5, 0.6) is 0 Å². The maximum Gasteiger partial charge on any atom is 0.0784 e. The fraction of sp³-hybridized carbons (Fsp3) is 0.0448. The molecule has 0 saturated carbocycles. The van der Waals surface area contributed by atoms with Crippen LogP contribution in [0.25, 0.3) is 163 Å². The van der Waals surface area contributed by atoms with Crippen LogP contribution in [0.15, 0.2) is 200 Å². The molecule has 1 aliphatic rings. The predicted octanol–water partition coefficient (Wildman–Crippen LogP) is 18.7. The Labute approximate surface area is 394 Å². The Balaban J connectivity index is 1.05. The van der Waals surface area contributed by atoms with Crippen LogP contribution in [0.4, 0.5) is 0 Å². The summed E-state index contributed by atoms with van der Waals surface area (Å²) in [5.74, 6) is 0. The Kier molecular flexibility index (Phi) is 7.01. The molecule has 0 atom stereocenters. The lowest BCUT2D eigenvalue weighted by molar-refractivity contribution is 1.61. The summed E-state index contributed by atoms with van der Waals surface area (Å²) in [6.07, 6.45) is 0. The predicted molar refractivity (Wildman–Crippen MR) is 299 cm³/mol. The van der Waals surface area contributed by atoms with Crippen LogP contribution in [0, 0.1) is 0 Å². The first-order valence-electron chi connectivity index (χ1n) is 24.2. The van der Waals surface area contributed by atoms with Crippen molar-refractivity contribution in [3.63, 3.8) is 0 Å². The van der Waals surface area contributed by atoms with Gasteiger partial charge in [0.15, 0.2) is 0 Å². The molecule has 0 saturated heterocycles. The molecule has 0 amide bonds. The van der Waals surface area contributed by atoms with Gasteiger partial charge in [0.05, 0.1) is 8.07 Å². The van der Waals surface area contributed by atoms with Crippen molar-refractivity contribution in [3.8, 4) is 55.6 Å². The summed E-state index contributed by atoms with van der Waals surface area (Å²) in [6, 6.07) is 76.9. The second kappa shape index (κ2) is 12.9. The molecule has 0 aromatic heterocycles. The highest BCUT2D eigenvalue weighted by Crippen LogP contribution is 2.58. The number of benzene rings is 13. The van der Waals surface area contributed by atoms with E-state index in [2.05, 4.69) is 220 Å². The van der Waals surface area contributed by atoms with E-state index in [1.807, 2.05) is 0 Å². The molecule has 314 valence electrons. The van der Waals surface area contributed by atoms with Crippen molar-refractivity contribution in [2.45, 2.75) is 19.6 Å². The maximum atomic E-state index is 2.50. The van der Waals surface area contributed by atoms with Crippen molar-refractivity contribution >= 4 is 121 Å². The average Bonchev–Trinajstić information content (AvgIpc) is 4.02. The summed E-state index contributed by atoms with van der Waals surface area (Å²) in [5, 5.41) is 28.5. The van der Waals surface area contributed by atoms with Gasteiger partial charge < -0.3 is 0 Å². The minimum atomic E-state index is -1.57. The van der Waals surface area contributed by atoms with Crippen LogP contribution in [0.2, 0.25) is 19.6 Å². The van der Waals surface area contributed by atoms with Crippen molar-refractivity contribution in [1.29, 1.82) is 0 Å². The van der Waals surface area contributed by atoms with Gasteiger partial charge in [-0.25, -0.2) is 0 Å². The minimum Gasteiger partial charge on any atom is -0.0656 e. The highest BCUT2D eigenvalue weighted by atomic mass is 28.3. The molecule has 0 nitrogen and oxygen atoms in total. The van der Waals surface area contributed by atoms with Crippen LogP contribution >= 0.6 is 0 Å². The van der Waals surface area contributed by atoms with Crippen LogP contribution in [0.1, 0.15) is 0 Å².